The number of carboxylic acids is 1. The fourth-order valence-corrected chi connectivity index (χ4v) is 2.37. The van der Waals surface area contributed by atoms with E-state index in [1.807, 2.05) is 6.92 Å². The number of carbonyl (C=O) groups is 1. The van der Waals surface area contributed by atoms with E-state index in [0.717, 1.165) is 23.5 Å². The number of ether oxygens (including phenoxy) is 2. The van der Waals surface area contributed by atoms with Crippen LogP contribution in [-0.4, -0.2) is 22.7 Å². The van der Waals surface area contributed by atoms with E-state index in [-0.39, 0.29) is 15.2 Å². The zero-order valence-electron chi connectivity index (χ0n) is 10.6. The first-order chi connectivity index (χ1) is 9.60. The number of benzene rings is 1. The maximum absolute atomic E-state index is 10.8. The second-order valence-corrected chi connectivity index (χ2v) is 5.15. The molecule has 0 radical (unpaired) electrons. The van der Waals surface area contributed by atoms with Crippen molar-refractivity contribution in [2.45, 2.75) is 13.3 Å². The van der Waals surface area contributed by atoms with Crippen LogP contribution in [0.15, 0.2) is 24.3 Å². The predicted molar refractivity (Wildman–Crippen MR) is 76.4 cm³/mol. The summed E-state index contributed by atoms with van der Waals surface area (Å²) in [5, 5.41) is 9.00. The van der Waals surface area contributed by atoms with Crippen LogP contribution >= 0.6 is 22.9 Å². The predicted octanol–water partition coefficient (Wildman–Crippen LogP) is 4.08. The Morgan fingerprint density at radius 1 is 1.35 bits per heavy atom. The summed E-state index contributed by atoms with van der Waals surface area (Å²) in [5.74, 6) is 0.171. The van der Waals surface area contributed by atoms with Crippen LogP contribution < -0.4 is 9.47 Å². The van der Waals surface area contributed by atoms with Gasteiger partial charge in [0, 0.05) is 0 Å². The van der Waals surface area contributed by atoms with Crippen LogP contribution in [-0.2, 0) is 0 Å². The molecule has 0 aliphatic rings. The number of hydrogen-bond donors (Lipinski definition) is 1. The van der Waals surface area contributed by atoms with E-state index >= 15 is 0 Å². The lowest BCUT2D eigenvalue weighted by atomic mass is 10.3. The van der Waals surface area contributed by atoms with Gasteiger partial charge in [0.15, 0.2) is 10.0 Å². The third kappa shape index (κ3) is 3.61. The SMILES string of the molecule is CCCOc1ccc(Oc2nc(Cl)c(C(=O)O)s2)cc1. The van der Waals surface area contributed by atoms with E-state index in [9.17, 15) is 4.79 Å². The minimum atomic E-state index is -1.12. The maximum atomic E-state index is 10.8. The molecule has 20 heavy (non-hydrogen) atoms. The van der Waals surface area contributed by atoms with E-state index in [2.05, 4.69) is 4.98 Å². The molecule has 0 atom stereocenters. The molecule has 1 N–H and O–H groups in total. The highest BCUT2D eigenvalue weighted by atomic mass is 35.5. The quantitative estimate of drug-likeness (QED) is 0.870. The minimum absolute atomic E-state index is 0.0374. The molecule has 0 amide bonds. The summed E-state index contributed by atoms with van der Waals surface area (Å²) in [4.78, 5) is 14.7. The summed E-state index contributed by atoms with van der Waals surface area (Å²) in [6, 6.07) is 7.00. The Morgan fingerprint density at radius 2 is 2.00 bits per heavy atom. The summed E-state index contributed by atoms with van der Waals surface area (Å²) in [6.45, 7) is 2.69. The third-order valence-electron chi connectivity index (χ3n) is 2.26. The highest BCUT2D eigenvalue weighted by molar-refractivity contribution is 7.15. The molecule has 0 bridgehead atoms. The first-order valence-electron chi connectivity index (χ1n) is 5.90. The fourth-order valence-electron chi connectivity index (χ4n) is 1.38. The number of thiazole rings is 1. The van der Waals surface area contributed by atoms with E-state index in [1.54, 1.807) is 24.3 Å². The lowest BCUT2D eigenvalue weighted by Gasteiger charge is -2.05. The molecule has 0 aliphatic heterocycles. The molecule has 106 valence electrons. The van der Waals surface area contributed by atoms with Crippen LogP contribution in [0.3, 0.4) is 0 Å². The van der Waals surface area contributed by atoms with Crippen LogP contribution in [0.25, 0.3) is 0 Å². The van der Waals surface area contributed by atoms with Crippen LogP contribution in [0, 0.1) is 0 Å². The molecule has 7 heteroatoms. The first-order valence-corrected chi connectivity index (χ1v) is 7.10. The van der Waals surface area contributed by atoms with Crippen LogP contribution in [0.1, 0.15) is 23.0 Å². The van der Waals surface area contributed by atoms with Crippen molar-refractivity contribution in [2.24, 2.45) is 0 Å². The molecule has 0 saturated heterocycles. The van der Waals surface area contributed by atoms with Gasteiger partial charge in [-0.25, -0.2) is 4.79 Å². The van der Waals surface area contributed by atoms with Gasteiger partial charge in [-0.2, -0.15) is 4.98 Å². The van der Waals surface area contributed by atoms with Crippen LogP contribution in [0.4, 0.5) is 0 Å². The summed E-state index contributed by atoms with van der Waals surface area (Å²) in [6.07, 6.45) is 0.938. The third-order valence-corrected chi connectivity index (χ3v) is 3.57. The number of aromatic carboxylic acids is 1. The number of rotatable bonds is 6. The molecular formula is C13H12ClNO4S. The topological polar surface area (TPSA) is 68.7 Å². The highest BCUT2D eigenvalue weighted by Crippen LogP contribution is 2.32. The zero-order chi connectivity index (χ0) is 14.5. The average molecular weight is 314 g/mol. The summed E-state index contributed by atoms with van der Waals surface area (Å²) in [5.41, 5.74) is 0. The normalized spacial score (nSPS) is 10.3. The number of aromatic nitrogens is 1. The first kappa shape index (κ1) is 14.6. The molecule has 5 nitrogen and oxygen atoms in total. The monoisotopic (exact) mass is 313 g/mol. The van der Waals surface area contributed by atoms with Gasteiger partial charge in [-0.05, 0) is 30.7 Å². The molecule has 0 aliphatic carbocycles. The van der Waals surface area contributed by atoms with Gasteiger partial charge in [0.05, 0.1) is 6.61 Å². The fraction of sp³-hybridized carbons (Fsp3) is 0.231. The Morgan fingerprint density at radius 3 is 2.55 bits per heavy atom. The maximum Gasteiger partial charge on any atom is 0.349 e. The molecule has 0 fully saturated rings. The van der Waals surface area contributed by atoms with Gasteiger partial charge in [-0.3, -0.25) is 0 Å². The van der Waals surface area contributed by atoms with Crippen molar-refractivity contribution in [3.63, 3.8) is 0 Å². The molecule has 2 rings (SSSR count). The number of halogens is 1. The number of nitrogens with zero attached hydrogens (tertiary/aromatic N) is 1. The second-order valence-electron chi connectivity index (χ2n) is 3.83. The smallest absolute Gasteiger partial charge is 0.349 e. The Hall–Kier alpha value is -1.79. The second kappa shape index (κ2) is 6.58. The zero-order valence-corrected chi connectivity index (χ0v) is 12.2. The number of carboxylic acid groups (broad SMARTS) is 1. The van der Waals surface area contributed by atoms with Crippen molar-refractivity contribution >= 4 is 28.9 Å². The Balaban J connectivity index is 2.06. The summed E-state index contributed by atoms with van der Waals surface area (Å²) < 4.78 is 10.9. The highest BCUT2D eigenvalue weighted by Gasteiger charge is 2.16. The van der Waals surface area contributed by atoms with E-state index in [4.69, 9.17) is 26.2 Å². The molecule has 1 aromatic carbocycles. The van der Waals surface area contributed by atoms with Crippen LogP contribution in [0.5, 0.6) is 16.7 Å². The van der Waals surface area contributed by atoms with Crippen molar-refractivity contribution in [1.82, 2.24) is 4.98 Å². The van der Waals surface area contributed by atoms with E-state index in [0.29, 0.717) is 12.4 Å². The Kier molecular flexibility index (Phi) is 4.81. The molecule has 2 aromatic rings. The van der Waals surface area contributed by atoms with Gasteiger partial charge in [-0.15, -0.1) is 0 Å². The summed E-state index contributed by atoms with van der Waals surface area (Å²) >= 11 is 6.59. The largest absolute Gasteiger partial charge is 0.494 e. The van der Waals surface area contributed by atoms with Gasteiger partial charge >= 0.3 is 5.97 Å². The Bertz CT molecular complexity index is 597. The Labute approximate surface area is 124 Å². The van der Waals surface area contributed by atoms with Crippen molar-refractivity contribution < 1.29 is 19.4 Å². The molecule has 0 unspecified atom stereocenters. The van der Waals surface area contributed by atoms with Crippen molar-refractivity contribution in [3.05, 3.63) is 34.3 Å². The van der Waals surface area contributed by atoms with Crippen molar-refractivity contribution in [3.8, 4) is 16.7 Å². The van der Waals surface area contributed by atoms with Gasteiger partial charge in [0.25, 0.3) is 5.19 Å². The van der Waals surface area contributed by atoms with Gasteiger partial charge < -0.3 is 14.6 Å². The van der Waals surface area contributed by atoms with E-state index < -0.39 is 5.97 Å². The van der Waals surface area contributed by atoms with Gasteiger partial charge in [-0.1, -0.05) is 29.9 Å². The molecular weight excluding hydrogens is 302 g/mol. The molecule has 0 saturated carbocycles. The summed E-state index contributed by atoms with van der Waals surface area (Å²) in [7, 11) is 0. The van der Waals surface area contributed by atoms with Crippen molar-refractivity contribution in [2.75, 3.05) is 6.61 Å². The van der Waals surface area contributed by atoms with Crippen LogP contribution in [0.2, 0.25) is 5.15 Å². The molecule has 1 heterocycles. The van der Waals surface area contributed by atoms with Gasteiger partial charge in [0.1, 0.15) is 11.5 Å². The lowest BCUT2D eigenvalue weighted by molar-refractivity contribution is 0.0702. The lowest BCUT2D eigenvalue weighted by Crippen LogP contribution is -1.94. The van der Waals surface area contributed by atoms with Gasteiger partial charge in [0.2, 0.25) is 0 Å². The van der Waals surface area contributed by atoms with E-state index in [1.165, 1.54) is 0 Å². The number of hydrogen-bond acceptors (Lipinski definition) is 5. The minimum Gasteiger partial charge on any atom is -0.494 e. The van der Waals surface area contributed by atoms with Crippen molar-refractivity contribution in [1.29, 1.82) is 0 Å². The molecule has 0 spiro atoms. The molecule has 1 aromatic heterocycles. The standard InChI is InChI=1S/C13H12ClNO4S/c1-2-7-18-8-3-5-9(6-4-8)19-13-15-11(14)10(20-13)12(16)17/h3-6H,2,7H2,1H3,(H,16,17). The average Bonchev–Trinajstić information content (AvgIpc) is 2.79.